The largest absolute Gasteiger partial charge is 0.337 e. The van der Waals surface area contributed by atoms with Gasteiger partial charge in [-0.2, -0.15) is 0 Å². The molecule has 0 saturated heterocycles. The van der Waals surface area contributed by atoms with Gasteiger partial charge in [-0.05, 0) is 31.2 Å². The number of halogens is 1. The summed E-state index contributed by atoms with van der Waals surface area (Å²) in [5.74, 6) is -0.400. The van der Waals surface area contributed by atoms with Crippen LogP contribution in [-0.2, 0) is 0 Å². The van der Waals surface area contributed by atoms with E-state index < -0.39 is 11.9 Å². The molecule has 3 amide bonds. The number of benzene rings is 1. The molecule has 0 fully saturated rings. The van der Waals surface area contributed by atoms with Crippen LogP contribution in [-0.4, -0.2) is 18.5 Å². The molecular formula is C10H12ClN3O2. The smallest absolute Gasteiger partial charge is 0.333 e. The van der Waals surface area contributed by atoms with E-state index in [0.29, 0.717) is 17.1 Å². The van der Waals surface area contributed by atoms with Crippen LogP contribution < -0.4 is 16.2 Å². The van der Waals surface area contributed by atoms with Gasteiger partial charge >= 0.3 is 6.03 Å². The monoisotopic (exact) mass is 241 g/mol. The fourth-order valence-corrected chi connectivity index (χ4v) is 1.12. The summed E-state index contributed by atoms with van der Waals surface area (Å²) in [6.45, 7) is 2.27. The first kappa shape index (κ1) is 12.3. The van der Waals surface area contributed by atoms with E-state index in [-0.39, 0.29) is 0 Å². The second kappa shape index (κ2) is 5.97. The average Bonchev–Trinajstić information content (AvgIpc) is 2.27. The number of urea groups is 1. The highest BCUT2D eigenvalue weighted by Gasteiger charge is 2.05. The quantitative estimate of drug-likeness (QED) is 0.683. The molecule has 0 aromatic heterocycles. The predicted octanol–water partition coefficient (Wildman–Crippen LogP) is 1.30. The fraction of sp³-hybridized carbons (Fsp3) is 0.200. The lowest BCUT2D eigenvalue weighted by atomic mass is 10.2. The van der Waals surface area contributed by atoms with Gasteiger partial charge in [-0.1, -0.05) is 11.6 Å². The van der Waals surface area contributed by atoms with Crippen molar-refractivity contribution in [3.63, 3.8) is 0 Å². The maximum absolute atomic E-state index is 11.5. The minimum Gasteiger partial charge on any atom is -0.337 e. The van der Waals surface area contributed by atoms with Crippen molar-refractivity contribution in [1.29, 1.82) is 0 Å². The maximum Gasteiger partial charge on any atom is 0.333 e. The molecule has 0 saturated carbocycles. The molecule has 1 rings (SSSR count). The van der Waals surface area contributed by atoms with Gasteiger partial charge in [0.1, 0.15) is 0 Å². The van der Waals surface area contributed by atoms with Gasteiger partial charge in [0, 0.05) is 17.1 Å². The zero-order valence-corrected chi connectivity index (χ0v) is 9.47. The molecule has 0 aliphatic rings. The molecule has 0 spiro atoms. The maximum atomic E-state index is 11.5. The summed E-state index contributed by atoms with van der Waals surface area (Å²) in [4.78, 5) is 22.4. The molecule has 0 bridgehead atoms. The van der Waals surface area contributed by atoms with Gasteiger partial charge in [-0.15, -0.1) is 0 Å². The number of rotatable bonds is 2. The van der Waals surface area contributed by atoms with Crippen LogP contribution in [0.1, 0.15) is 17.3 Å². The van der Waals surface area contributed by atoms with Crippen LogP contribution in [0.4, 0.5) is 4.79 Å². The second-order valence-electron chi connectivity index (χ2n) is 2.95. The van der Waals surface area contributed by atoms with Crippen LogP contribution >= 0.6 is 11.6 Å². The van der Waals surface area contributed by atoms with E-state index in [1.807, 2.05) is 0 Å². The molecule has 16 heavy (non-hydrogen) atoms. The Bertz CT molecular complexity index is 378. The third-order valence-electron chi connectivity index (χ3n) is 1.73. The van der Waals surface area contributed by atoms with Gasteiger partial charge < -0.3 is 5.32 Å². The molecule has 3 N–H and O–H groups in total. The van der Waals surface area contributed by atoms with Gasteiger partial charge in [-0.25, -0.2) is 10.2 Å². The normalized spacial score (nSPS) is 9.38. The molecule has 6 heteroatoms. The summed E-state index contributed by atoms with van der Waals surface area (Å²) in [6, 6.07) is 5.88. The highest BCUT2D eigenvalue weighted by molar-refractivity contribution is 6.30. The van der Waals surface area contributed by atoms with Crippen molar-refractivity contribution in [1.82, 2.24) is 16.2 Å². The average molecular weight is 242 g/mol. The zero-order chi connectivity index (χ0) is 12.0. The lowest BCUT2D eigenvalue weighted by Gasteiger charge is -2.07. The van der Waals surface area contributed by atoms with Crippen molar-refractivity contribution in [2.45, 2.75) is 6.92 Å². The molecule has 1 aromatic carbocycles. The van der Waals surface area contributed by atoms with E-state index in [2.05, 4.69) is 16.2 Å². The highest BCUT2D eigenvalue weighted by Crippen LogP contribution is 2.08. The lowest BCUT2D eigenvalue weighted by Crippen LogP contribution is -2.46. The Balaban J connectivity index is 2.47. The number of hydrazine groups is 1. The fourth-order valence-electron chi connectivity index (χ4n) is 0.992. The molecule has 0 aliphatic heterocycles. The molecule has 0 radical (unpaired) electrons. The van der Waals surface area contributed by atoms with Crippen LogP contribution in [0.5, 0.6) is 0 Å². The first-order chi connectivity index (χ1) is 7.63. The van der Waals surface area contributed by atoms with E-state index >= 15 is 0 Å². The Morgan fingerprint density at radius 3 is 2.38 bits per heavy atom. The Morgan fingerprint density at radius 2 is 1.81 bits per heavy atom. The van der Waals surface area contributed by atoms with Crippen LogP contribution in [0.3, 0.4) is 0 Å². The molecule has 0 heterocycles. The number of carbonyl (C=O) groups is 2. The van der Waals surface area contributed by atoms with Gasteiger partial charge in [0.25, 0.3) is 5.91 Å². The van der Waals surface area contributed by atoms with Gasteiger partial charge in [0.15, 0.2) is 0 Å². The lowest BCUT2D eigenvalue weighted by molar-refractivity contribution is 0.0936. The number of hydrogen-bond donors (Lipinski definition) is 3. The SMILES string of the molecule is CCNC(=O)NNC(=O)c1ccc(Cl)cc1. The highest BCUT2D eigenvalue weighted by atomic mass is 35.5. The molecule has 5 nitrogen and oxygen atoms in total. The van der Waals surface area contributed by atoms with Crippen molar-refractivity contribution >= 4 is 23.5 Å². The van der Waals surface area contributed by atoms with Crippen LogP contribution in [0.2, 0.25) is 5.02 Å². The van der Waals surface area contributed by atoms with Crippen molar-refractivity contribution in [3.05, 3.63) is 34.9 Å². The Kier molecular flexibility index (Phi) is 4.60. The van der Waals surface area contributed by atoms with Gasteiger partial charge in [-0.3, -0.25) is 10.2 Å². The first-order valence-corrected chi connectivity index (χ1v) is 5.11. The zero-order valence-electron chi connectivity index (χ0n) is 8.71. The van der Waals surface area contributed by atoms with Crippen molar-refractivity contribution in [3.8, 4) is 0 Å². The van der Waals surface area contributed by atoms with E-state index in [4.69, 9.17) is 11.6 Å². The summed E-state index contributed by atoms with van der Waals surface area (Å²) in [5, 5.41) is 3.02. The Labute approximate surface area is 98.1 Å². The third kappa shape index (κ3) is 3.78. The first-order valence-electron chi connectivity index (χ1n) is 4.73. The van der Waals surface area contributed by atoms with E-state index in [9.17, 15) is 9.59 Å². The molecule has 0 aliphatic carbocycles. The molecule has 1 aromatic rings. The molecule has 0 unspecified atom stereocenters. The van der Waals surface area contributed by atoms with E-state index in [0.717, 1.165) is 0 Å². The van der Waals surface area contributed by atoms with Crippen LogP contribution in [0.25, 0.3) is 0 Å². The van der Waals surface area contributed by atoms with Gasteiger partial charge in [0.05, 0.1) is 0 Å². The van der Waals surface area contributed by atoms with E-state index in [1.54, 1.807) is 31.2 Å². The molecule has 86 valence electrons. The molecule has 0 atom stereocenters. The predicted molar refractivity (Wildman–Crippen MR) is 61.1 cm³/mol. The summed E-state index contributed by atoms with van der Waals surface area (Å²) in [7, 11) is 0. The molecular weight excluding hydrogens is 230 g/mol. The van der Waals surface area contributed by atoms with Gasteiger partial charge in [0.2, 0.25) is 0 Å². The topological polar surface area (TPSA) is 70.2 Å². The Morgan fingerprint density at radius 1 is 1.19 bits per heavy atom. The van der Waals surface area contributed by atoms with E-state index in [1.165, 1.54) is 0 Å². The minimum absolute atomic E-state index is 0.400. The number of nitrogens with one attached hydrogen (secondary N) is 3. The Hall–Kier alpha value is -1.75. The standard InChI is InChI=1S/C10H12ClN3O2/c1-2-12-10(16)14-13-9(15)7-3-5-8(11)6-4-7/h3-6H,2H2,1H3,(H,13,15)(H2,12,14,16). The second-order valence-corrected chi connectivity index (χ2v) is 3.38. The van der Waals surface area contributed by atoms with Crippen LogP contribution in [0, 0.1) is 0 Å². The van der Waals surface area contributed by atoms with Crippen LogP contribution in [0.15, 0.2) is 24.3 Å². The number of amides is 3. The number of carbonyl (C=O) groups excluding carboxylic acids is 2. The number of hydrogen-bond acceptors (Lipinski definition) is 2. The minimum atomic E-state index is -0.454. The van der Waals surface area contributed by atoms with Crippen molar-refractivity contribution < 1.29 is 9.59 Å². The summed E-state index contributed by atoms with van der Waals surface area (Å²) >= 11 is 5.67. The van der Waals surface area contributed by atoms with Crippen molar-refractivity contribution in [2.75, 3.05) is 6.54 Å². The third-order valence-corrected chi connectivity index (χ3v) is 1.99. The summed E-state index contributed by atoms with van der Waals surface area (Å²) < 4.78 is 0. The van der Waals surface area contributed by atoms with Crippen molar-refractivity contribution in [2.24, 2.45) is 0 Å². The summed E-state index contributed by atoms with van der Waals surface area (Å²) in [5.41, 5.74) is 4.89. The summed E-state index contributed by atoms with van der Waals surface area (Å²) in [6.07, 6.45) is 0.